The Hall–Kier alpha value is -4.13. The van der Waals surface area contributed by atoms with Crippen LogP contribution < -0.4 is 11.1 Å². The molecule has 3 heterocycles. The zero-order valence-corrected chi connectivity index (χ0v) is 16.1. The first-order chi connectivity index (χ1) is 14.7. The molecule has 0 unspecified atom stereocenters. The van der Waals surface area contributed by atoms with Crippen LogP contribution in [0.2, 0.25) is 0 Å². The molecule has 0 aliphatic carbocycles. The Kier molecular flexibility index (Phi) is 4.40. The van der Waals surface area contributed by atoms with E-state index in [-0.39, 0.29) is 5.91 Å². The lowest BCUT2D eigenvalue weighted by atomic mass is 10.0. The van der Waals surface area contributed by atoms with Gasteiger partial charge in [0.25, 0.3) is 5.91 Å². The number of H-pyrrole nitrogens is 2. The van der Waals surface area contributed by atoms with Crippen molar-refractivity contribution in [3.63, 3.8) is 0 Å². The van der Waals surface area contributed by atoms with E-state index in [1.54, 1.807) is 6.20 Å². The molecule has 0 aliphatic heterocycles. The highest BCUT2D eigenvalue weighted by molar-refractivity contribution is 6.03. The van der Waals surface area contributed by atoms with E-state index >= 15 is 0 Å². The third-order valence-electron chi connectivity index (χ3n) is 5.22. The van der Waals surface area contributed by atoms with E-state index in [9.17, 15) is 4.79 Å². The van der Waals surface area contributed by atoms with Gasteiger partial charge in [-0.2, -0.15) is 5.10 Å². The number of nitrogen functional groups attached to an aromatic ring is 1. The molecule has 0 aliphatic rings. The highest BCUT2D eigenvalue weighted by Crippen LogP contribution is 2.31. The summed E-state index contributed by atoms with van der Waals surface area (Å²) in [5.41, 5.74) is 11.1. The van der Waals surface area contributed by atoms with Crippen LogP contribution in [0.15, 0.2) is 66.9 Å². The number of carbonyl (C=O) groups is 1. The average Bonchev–Trinajstić information content (AvgIpc) is 3.38. The number of aromatic amines is 2. The van der Waals surface area contributed by atoms with Crippen molar-refractivity contribution < 1.29 is 4.79 Å². The van der Waals surface area contributed by atoms with Crippen LogP contribution in [0.25, 0.3) is 33.1 Å². The molecular weight excluding hydrogens is 376 g/mol. The molecule has 1 amide bonds. The fraction of sp³-hybridized carbons (Fsp3) is 0.0870. The Morgan fingerprint density at radius 1 is 1.03 bits per heavy atom. The van der Waals surface area contributed by atoms with E-state index in [0.29, 0.717) is 23.7 Å². The lowest BCUT2D eigenvalue weighted by Crippen LogP contribution is -2.25. The minimum absolute atomic E-state index is 0.149. The van der Waals surface area contributed by atoms with E-state index in [1.807, 2.05) is 48.5 Å². The number of hydrogen-bond donors (Lipinski definition) is 4. The number of anilines is 1. The first kappa shape index (κ1) is 17.9. The van der Waals surface area contributed by atoms with Gasteiger partial charge < -0.3 is 16.0 Å². The minimum Gasteiger partial charge on any atom is -0.382 e. The Labute approximate surface area is 172 Å². The summed E-state index contributed by atoms with van der Waals surface area (Å²) in [4.78, 5) is 20.2. The third kappa shape index (κ3) is 3.26. The normalized spacial score (nSPS) is 11.2. The van der Waals surface area contributed by atoms with Gasteiger partial charge in [0, 0.05) is 23.5 Å². The number of amides is 1. The van der Waals surface area contributed by atoms with E-state index in [2.05, 4.69) is 37.6 Å². The molecule has 148 valence electrons. The average molecular weight is 396 g/mol. The van der Waals surface area contributed by atoms with Gasteiger partial charge in [-0.1, -0.05) is 36.4 Å². The maximum absolute atomic E-state index is 12.6. The number of hydrogen-bond acceptors (Lipinski definition) is 4. The smallest absolute Gasteiger partial charge is 0.267 e. The Morgan fingerprint density at radius 3 is 2.77 bits per heavy atom. The van der Waals surface area contributed by atoms with Crippen molar-refractivity contribution in [1.29, 1.82) is 0 Å². The highest BCUT2D eigenvalue weighted by atomic mass is 16.1. The van der Waals surface area contributed by atoms with Gasteiger partial charge in [-0.05, 0) is 47.4 Å². The first-order valence-electron chi connectivity index (χ1n) is 9.73. The molecule has 0 saturated heterocycles. The maximum atomic E-state index is 12.6. The number of pyridine rings is 1. The minimum atomic E-state index is -0.149. The quantitative estimate of drug-likeness (QED) is 0.363. The number of rotatable bonds is 5. The third-order valence-corrected chi connectivity index (χ3v) is 5.22. The van der Waals surface area contributed by atoms with Crippen molar-refractivity contribution in [2.45, 2.75) is 6.42 Å². The number of aromatic nitrogens is 4. The SMILES string of the molecule is Nc1n[nH]c2ccc(-c3ccnc4[nH]c(C(=O)NCCc5ccccc5)cc34)cc12. The monoisotopic (exact) mass is 396 g/mol. The van der Waals surface area contributed by atoms with Crippen molar-refractivity contribution in [2.24, 2.45) is 0 Å². The molecule has 0 spiro atoms. The predicted octanol–water partition coefficient (Wildman–Crippen LogP) is 3.66. The Morgan fingerprint density at radius 2 is 1.90 bits per heavy atom. The van der Waals surface area contributed by atoms with Gasteiger partial charge in [0.05, 0.1) is 5.52 Å². The van der Waals surface area contributed by atoms with Crippen LogP contribution in [0.5, 0.6) is 0 Å². The molecule has 5 rings (SSSR count). The van der Waals surface area contributed by atoms with Crippen molar-refractivity contribution in [3.8, 4) is 11.1 Å². The number of benzene rings is 2. The first-order valence-corrected chi connectivity index (χ1v) is 9.73. The van der Waals surface area contributed by atoms with Crippen LogP contribution in [-0.4, -0.2) is 32.6 Å². The van der Waals surface area contributed by atoms with Crippen LogP contribution in [0.1, 0.15) is 16.1 Å². The topological polar surface area (TPSA) is 112 Å². The second-order valence-corrected chi connectivity index (χ2v) is 7.16. The van der Waals surface area contributed by atoms with Crippen molar-refractivity contribution in [2.75, 3.05) is 12.3 Å². The molecule has 0 fully saturated rings. The fourth-order valence-electron chi connectivity index (χ4n) is 3.66. The summed E-state index contributed by atoms with van der Waals surface area (Å²) in [7, 11) is 0. The molecule has 7 nitrogen and oxygen atoms in total. The van der Waals surface area contributed by atoms with Gasteiger partial charge >= 0.3 is 0 Å². The van der Waals surface area contributed by atoms with Crippen LogP contribution >= 0.6 is 0 Å². The molecule has 0 radical (unpaired) electrons. The largest absolute Gasteiger partial charge is 0.382 e. The van der Waals surface area contributed by atoms with Gasteiger partial charge in [-0.3, -0.25) is 9.89 Å². The summed E-state index contributed by atoms with van der Waals surface area (Å²) in [6.07, 6.45) is 2.51. The number of fused-ring (bicyclic) bond motifs is 2. The van der Waals surface area contributed by atoms with Crippen molar-refractivity contribution in [3.05, 3.63) is 78.1 Å². The second kappa shape index (κ2) is 7.36. The Balaban J connectivity index is 1.41. The number of carbonyl (C=O) groups excluding carboxylic acids is 1. The van der Waals surface area contributed by atoms with Crippen LogP contribution in [0.3, 0.4) is 0 Å². The van der Waals surface area contributed by atoms with Crippen molar-refractivity contribution in [1.82, 2.24) is 25.5 Å². The maximum Gasteiger partial charge on any atom is 0.267 e. The molecule has 0 atom stereocenters. The molecule has 0 bridgehead atoms. The van der Waals surface area contributed by atoms with Gasteiger partial charge in [0.1, 0.15) is 11.3 Å². The van der Waals surface area contributed by atoms with E-state index in [4.69, 9.17) is 5.73 Å². The molecule has 2 aromatic carbocycles. The van der Waals surface area contributed by atoms with Crippen LogP contribution in [0.4, 0.5) is 5.82 Å². The lowest BCUT2D eigenvalue weighted by molar-refractivity contribution is 0.0950. The highest BCUT2D eigenvalue weighted by Gasteiger charge is 2.14. The zero-order valence-electron chi connectivity index (χ0n) is 16.1. The van der Waals surface area contributed by atoms with Gasteiger partial charge in [-0.15, -0.1) is 0 Å². The molecule has 5 aromatic rings. The van der Waals surface area contributed by atoms with Crippen LogP contribution in [-0.2, 0) is 6.42 Å². The number of nitrogens with one attached hydrogen (secondary N) is 3. The van der Waals surface area contributed by atoms with Gasteiger partial charge in [0.15, 0.2) is 5.82 Å². The van der Waals surface area contributed by atoms with Gasteiger partial charge in [-0.25, -0.2) is 4.98 Å². The predicted molar refractivity (Wildman–Crippen MR) is 118 cm³/mol. The Bertz CT molecular complexity index is 1350. The summed E-state index contributed by atoms with van der Waals surface area (Å²) in [5, 5.41) is 11.7. The van der Waals surface area contributed by atoms with Crippen molar-refractivity contribution >= 4 is 33.7 Å². The van der Waals surface area contributed by atoms with Crippen LogP contribution in [0, 0.1) is 0 Å². The van der Waals surface area contributed by atoms with E-state index in [1.165, 1.54) is 5.56 Å². The lowest BCUT2D eigenvalue weighted by Gasteiger charge is -2.04. The fourth-order valence-corrected chi connectivity index (χ4v) is 3.66. The molecule has 7 heteroatoms. The number of nitrogens with zero attached hydrogens (tertiary/aromatic N) is 2. The summed E-state index contributed by atoms with van der Waals surface area (Å²) in [6.45, 7) is 0.564. The molecular formula is C23H20N6O. The zero-order chi connectivity index (χ0) is 20.5. The summed E-state index contributed by atoms with van der Waals surface area (Å²) >= 11 is 0. The summed E-state index contributed by atoms with van der Waals surface area (Å²) in [6, 6.07) is 19.8. The molecule has 3 aromatic heterocycles. The standard InChI is InChI=1S/C23H20N6O/c24-21-18-12-15(6-7-19(18)28-29-21)16-9-11-25-22-17(16)13-20(27-22)23(30)26-10-8-14-4-2-1-3-5-14/h1-7,9,11-13H,8,10H2,(H,25,27)(H,26,30)(H3,24,28,29). The molecule has 0 saturated carbocycles. The summed E-state index contributed by atoms with van der Waals surface area (Å²) < 4.78 is 0. The van der Waals surface area contributed by atoms with E-state index < -0.39 is 0 Å². The van der Waals surface area contributed by atoms with E-state index in [0.717, 1.165) is 33.8 Å². The summed E-state index contributed by atoms with van der Waals surface area (Å²) in [5.74, 6) is 0.314. The van der Waals surface area contributed by atoms with Gasteiger partial charge in [0.2, 0.25) is 0 Å². The molecule has 5 N–H and O–H groups in total. The molecule has 30 heavy (non-hydrogen) atoms. The second-order valence-electron chi connectivity index (χ2n) is 7.16. The number of nitrogens with two attached hydrogens (primary N) is 1.